The standard InChI is InChI=1S/C19H15F3N4O3S/c20-19(21,22)16-7-11(15-2-1-5-30-15)24-17-8-12(25-26(16)17)18(27)23-10-3-4-13-14(6-10)29-9-28-13/h1-6,8,11,16,24H,7,9H2,(H,23,27). The lowest BCUT2D eigenvalue weighted by Crippen LogP contribution is -2.35. The number of nitrogens with zero attached hydrogens (tertiary/aromatic N) is 2. The topological polar surface area (TPSA) is 77.4 Å². The Morgan fingerprint density at radius 3 is 2.83 bits per heavy atom. The molecule has 3 aromatic rings. The molecule has 2 aliphatic heterocycles. The second kappa shape index (κ2) is 6.94. The molecule has 0 saturated heterocycles. The molecule has 2 N–H and O–H groups in total. The van der Waals surface area contributed by atoms with Crippen molar-refractivity contribution in [2.75, 3.05) is 17.4 Å². The van der Waals surface area contributed by atoms with Crippen LogP contribution in [0.4, 0.5) is 24.7 Å². The van der Waals surface area contributed by atoms with Crippen LogP contribution in [-0.4, -0.2) is 28.7 Å². The number of anilines is 2. The summed E-state index contributed by atoms with van der Waals surface area (Å²) in [6.07, 6.45) is -4.70. The molecule has 0 radical (unpaired) electrons. The number of fused-ring (bicyclic) bond motifs is 2. The number of aromatic nitrogens is 2. The van der Waals surface area contributed by atoms with Gasteiger partial charge in [-0.3, -0.25) is 4.79 Å². The molecule has 11 heteroatoms. The summed E-state index contributed by atoms with van der Waals surface area (Å²) in [5.74, 6) is 0.570. The molecule has 0 saturated carbocycles. The minimum atomic E-state index is -4.50. The highest BCUT2D eigenvalue weighted by molar-refractivity contribution is 7.10. The normalized spacial score (nSPS) is 19.8. The Hall–Kier alpha value is -3.21. The lowest BCUT2D eigenvalue weighted by Gasteiger charge is -2.32. The fourth-order valence-electron chi connectivity index (χ4n) is 3.53. The molecule has 156 valence electrons. The Morgan fingerprint density at radius 2 is 2.07 bits per heavy atom. The van der Waals surface area contributed by atoms with Crippen LogP contribution in [0.25, 0.3) is 0 Å². The van der Waals surface area contributed by atoms with Gasteiger partial charge in [-0.2, -0.15) is 18.3 Å². The molecule has 0 fully saturated rings. The monoisotopic (exact) mass is 436 g/mol. The van der Waals surface area contributed by atoms with Crippen molar-refractivity contribution in [1.82, 2.24) is 9.78 Å². The van der Waals surface area contributed by atoms with Crippen molar-refractivity contribution in [1.29, 1.82) is 0 Å². The molecule has 2 unspecified atom stereocenters. The van der Waals surface area contributed by atoms with E-state index in [9.17, 15) is 18.0 Å². The highest BCUT2D eigenvalue weighted by Crippen LogP contribution is 2.44. The zero-order valence-electron chi connectivity index (χ0n) is 15.3. The maximum atomic E-state index is 13.7. The first-order valence-corrected chi connectivity index (χ1v) is 9.93. The van der Waals surface area contributed by atoms with Gasteiger partial charge >= 0.3 is 6.18 Å². The third kappa shape index (κ3) is 3.34. The highest BCUT2D eigenvalue weighted by Gasteiger charge is 2.47. The summed E-state index contributed by atoms with van der Waals surface area (Å²) in [4.78, 5) is 13.4. The van der Waals surface area contributed by atoms with Crippen molar-refractivity contribution in [2.45, 2.75) is 24.7 Å². The molecule has 5 rings (SSSR count). The summed E-state index contributed by atoms with van der Waals surface area (Å²) in [6, 6.07) is 7.42. The van der Waals surface area contributed by atoms with Gasteiger partial charge in [-0.25, -0.2) is 4.68 Å². The SMILES string of the molecule is O=C(Nc1ccc2c(c1)OCO2)c1cc2n(n1)C(C(F)(F)F)CC(c1cccs1)N2. The van der Waals surface area contributed by atoms with Crippen LogP contribution in [0.15, 0.2) is 41.8 Å². The summed E-state index contributed by atoms with van der Waals surface area (Å²) in [6.45, 7) is 0.0937. The zero-order chi connectivity index (χ0) is 20.9. The van der Waals surface area contributed by atoms with E-state index in [-0.39, 0.29) is 24.7 Å². The quantitative estimate of drug-likeness (QED) is 0.628. The minimum absolute atomic E-state index is 0.0937. The number of hydrogen-bond acceptors (Lipinski definition) is 6. The number of rotatable bonds is 3. The van der Waals surface area contributed by atoms with E-state index in [0.29, 0.717) is 17.2 Å². The van der Waals surface area contributed by atoms with Crippen molar-refractivity contribution < 1.29 is 27.4 Å². The van der Waals surface area contributed by atoms with Gasteiger partial charge in [0.1, 0.15) is 5.82 Å². The molecule has 30 heavy (non-hydrogen) atoms. The van der Waals surface area contributed by atoms with E-state index < -0.39 is 24.2 Å². The maximum absolute atomic E-state index is 13.7. The molecule has 2 atom stereocenters. The van der Waals surface area contributed by atoms with Gasteiger partial charge in [0.2, 0.25) is 6.79 Å². The van der Waals surface area contributed by atoms with E-state index in [4.69, 9.17) is 9.47 Å². The van der Waals surface area contributed by atoms with Crippen LogP contribution in [0.1, 0.15) is 33.9 Å². The Bertz CT molecular complexity index is 1100. The van der Waals surface area contributed by atoms with E-state index in [0.717, 1.165) is 9.56 Å². The Balaban J connectivity index is 1.42. The molecular weight excluding hydrogens is 421 g/mol. The van der Waals surface area contributed by atoms with Gasteiger partial charge in [-0.15, -0.1) is 11.3 Å². The summed E-state index contributed by atoms with van der Waals surface area (Å²) in [5.41, 5.74) is 0.309. The van der Waals surface area contributed by atoms with E-state index in [2.05, 4.69) is 15.7 Å². The molecule has 2 aliphatic rings. The van der Waals surface area contributed by atoms with Crippen molar-refractivity contribution in [3.8, 4) is 11.5 Å². The highest BCUT2D eigenvalue weighted by atomic mass is 32.1. The largest absolute Gasteiger partial charge is 0.454 e. The number of thiophene rings is 1. The average Bonchev–Trinajstić information content (AvgIpc) is 3.44. The number of ether oxygens (including phenoxy) is 2. The van der Waals surface area contributed by atoms with Crippen LogP contribution in [0.3, 0.4) is 0 Å². The second-order valence-electron chi connectivity index (χ2n) is 6.89. The number of halogens is 3. The molecule has 0 bridgehead atoms. The zero-order valence-corrected chi connectivity index (χ0v) is 16.1. The summed E-state index contributed by atoms with van der Waals surface area (Å²) < 4.78 is 52.5. The second-order valence-corrected chi connectivity index (χ2v) is 7.87. The van der Waals surface area contributed by atoms with Crippen molar-refractivity contribution in [3.05, 3.63) is 52.3 Å². The van der Waals surface area contributed by atoms with Gasteiger partial charge in [0.15, 0.2) is 23.2 Å². The van der Waals surface area contributed by atoms with Crippen LogP contribution in [0.5, 0.6) is 11.5 Å². The first-order chi connectivity index (χ1) is 14.4. The molecule has 0 spiro atoms. The molecule has 1 aromatic carbocycles. The first-order valence-electron chi connectivity index (χ1n) is 9.06. The Morgan fingerprint density at radius 1 is 1.23 bits per heavy atom. The summed E-state index contributed by atoms with van der Waals surface area (Å²) in [7, 11) is 0. The number of nitrogens with one attached hydrogen (secondary N) is 2. The smallest absolute Gasteiger partial charge is 0.410 e. The van der Waals surface area contributed by atoms with Gasteiger partial charge in [0.25, 0.3) is 5.91 Å². The Kier molecular flexibility index (Phi) is 4.35. The van der Waals surface area contributed by atoms with Gasteiger partial charge < -0.3 is 20.1 Å². The fourth-order valence-corrected chi connectivity index (χ4v) is 4.32. The number of alkyl halides is 3. The van der Waals surface area contributed by atoms with Crippen LogP contribution >= 0.6 is 11.3 Å². The number of carbonyl (C=O) groups is 1. The Labute approximate surface area is 172 Å². The lowest BCUT2D eigenvalue weighted by molar-refractivity contribution is -0.173. The fraction of sp³-hybridized carbons (Fsp3) is 0.263. The van der Waals surface area contributed by atoms with Crippen LogP contribution in [0.2, 0.25) is 0 Å². The third-order valence-electron chi connectivity index (χ3n) is 4.94. The average molecular weight is 436 g/mol. The number of amides is 1. The minimum Gasteiger partial charge on any atom is -0.454 e. The predicted octanol–water partition coefficient (Wildman–Crippen LogP) is 4.59. The van der Waals surface area contributed by atoms with Crippen LogP contribution < -0.4 is 20.1 Å². The molecular formula is C19H15F3N4O3S. The van der Waals surface area contributed by atoms with Gasteiger partial charge in [-0.05, 0) is 23.6 Å². The number of carbonyl (C=O) groups excluding carboxylic acids is 1. The van der Waals surface area contributed by atoms with Crippen LogP contribution in [-0.2, 0) is 0 Å². The lowest BCUT2D eigenvalue weighted by atomic mass is 10.0. The number of hydrogen-bond donors (Lipinski definition) is 2. The summed E-state index contributed by atoms with van der Waals surface area (Å²) >= 11 is 1.38. The third-order valence-corrected chi connectivity index (χ3v) is 5.93. The van der Waals surface area contributed by atoms with Crippen molar-refractivity contribution in [3.63, 3.8) is 0 Å². The van der Waals surface area contributed by atoms with E-state index >= 15 is 0 Å². The van der Waals surface area contributed by atoms with E-state index in [1.165, 1.54) is 17.4 Å². The van der Waals surface area contributed by atoms with Crippen LogP contribution in [0, 0.1) is 0 Å². The number of benzene rings is 1. The predicted molar refractivity (Wildman–Crippen MR) is 103 cm³/mol. The molecule has 4 heterocycles. The molecule has 7 nitrogen and oxygen atoms in total. The molecule has 2 aromatic heterocycles. The first kappa shape index (κ1) is 18.8. The summed E-state index contributed by atoms with van der Waals surface area (Å²) in [5, 5.41) is 11.5. The molecule has 0 aliphatic carbocycles. The van der Waals surface area contributed by atoms with E-state index in [1.54, 1.807) is 30.3 Å². The molecule has 1 amide bonds. The van der Waals surface area contributed by atoms with Crippen molar-refractivity contribution >= 4 is 28.7 Å². The van der Waals surface area contributed by atoms with Crippen molar-refractivity contribution in [2.24, 2.45) is 0 Å². The van der Waals surface area contributed by atoms with Gasteiger partial charge in [0.05, 0.1) is 6.04 Å². The van der Waals surface area contributed by atoms with Gasteiger partial charge in [-0.1, -0.05) is 6.07 Å². The van der Waals surface area contributed by atoms with Gasteiger partial charge in [0, 0.05) is 29.1 Å². The maximum Gasteiger partial charge on any atom is 0.410 e. The van der Waals surface area contributed by atoms with E-state index in [1.807, 2.05) is 5.38 Å².